The first-order chi connectivity index (χ1) is 15.9. The number of fused-ring (bicyclic) bond motifs is 1. The van der Waals surface area contributed by atoms with Crippen LogP contribution in [0.1, 0.15) is 0 Å². The summed E-state index contributed by atoms with van der Waals surface area (Å²) < 4.78 is 51.7. The van der Waals surface area contributed by atoms with Gasteiger partial charge in [-0.25, -0.2) is 14.4 Å². The van der Waals surface area contributed by atoms with E-state index in [1.807, 2.05) is 30.3 Å². The van der Waals surface area contributed by atoms with E-state index in [2.05, 4.69) is 30.6 Å². The van der Waals surface area contributed by atoms with E-state index in [1.165, 1.54) is 30.5 Å². The van der Waals surface area contributed by atoms with Crippen molar-refractivity contribution in [2.75, 3.05) is 29.5 Å². The standard InChI is InChI=1S/C22H18F4N6S/c23-15-8-6-14(7-9-15)17-12-28-19-18(30-17)20(29-13-22(24,25)26)32-21(31-19)27-10-11-33-16-4-2-1-3-5-16/h1-9,12H,10-11,13H2,(H2,27,28,29,31,32). The molecule has 11 heteroatoms. The molecule has 170 valence electrons. The van der Waals surface area contributed by atoms with Crippen LogP contribution in [0.15, 0.2) is 65.7 Å². The molecule has 0 radical (unpaired) electrons. The van der Waals surface area contributed by atoms with Crippen molar-refractivity contribution in [3.8, 4) is 11.3 Å². The fourth-order valence-corrected chi connectivity index (χ4v) is 3.69. The van der Waals surface area contributed by atoms with Gasteiger partial charge in [0.15, 0.2) is 17.0 Å². The number of anilines is 2. The molecular formula is C22H18F4N6S. The highest BCUT2D eigenvalue weighted by Gasteiger charge is 2.27. The lowest BCUT2D eigenvalue weighted by Gasteiger charge is -2.13. The SMILES string of the molecule is Fc1ccc(-c2cnc3nc(NCCSc4ccccc4)nc(NCC(F)(F)F)c3n2)cc1. The van der Waals surface area contributed by atoms with Gasteiger partial charge in [0.25, 0.3) is 0 Å². The maximum Gasteiger partial charge on any atom is 0.405 e. The average molecular weight is 474 g/mol. The molecule has 4 aromatic rings. The van der Waals surface area contributed by atoms with Crippen LogP contribution < -0.4 is 10.6 Å². The van der Waals surface area contributed by atoms with E-state index < -0.39 is 18.5 Å². The van der Waals surface area contributed by atoms with Crippen LogP contribution in [0.25, 0.3) is 22.4 Å². The zero-order valence-corrected chi connectivity index (χ0v) is 17.9. The second-order valence-corrected chi connectivity index (χ2v) is 8.06. The highest BCUT2D eigenvalue weighted by atomic mass is 32.2. The number of aromatic nitrogens is 4. The maximum atomic E-state index is 13.2. The van der Waals surface area contributed by atoms with E-state index >= 15 is 0 Å². The summed E-state index contributed by atoms with van der Waals surface area (Å²) in [5, 5.41) is 5.31. The van der Waals surface area contributed by atoms with Crippen molar-refractivity contribution in [1.82, 2.24) is 19.9 Å². The molecule has 0 unspecified atom stereocenters. The van der Waals surface area contributed by atoms with E-state index in [1.54, 1.807) is 11.8 Å². The Morgan fingerprint density at radius 1 is 0.879 bits per heavy atom. The van der Waals surface area contributed by atoms with Crippen molar-refractivity contribution in [1.29, 1.82) is 0 Å². The number of thioether (sulfide) groups is 1. The minimum atomic E-state index is -4.45. The van der Waals surface area contributed by atoms with Crippen molar-refractivity contribution >= 4 is 34.7 Å². The Kier molecular flexibility index (Phi) is 6.87. The topological polar surface area (TPSA) is 75.6 Å². The number of nitrogens with zero attached hydrogens (tertiary/aromatic N) is 4. The van der Waals surface area contributed by atoms with Crippen LogP contribution in [0.4, 0.5) is 29.3 Å². The van der Waals surface area contributed by atoms with Crippen LogP contribution in [0, 0.1) is 5.82 Å². The van der Waals surface area contributed by atoms with E-state index in [0.29, 0.717) is 23.6 Å². The van der Waals surface area contributed by atoms with Crippen molar-refractivity contribution < 1.29 is 17.6 Å². The van der Waals surface area contributed by atoms with Crippen LogP contribution >= 0.6 is 11.8 Å². The van der Waals surface area contributed by atoms with Crippen LogP contribution in [-0.4, -0.2) is 45.0 Å². The van der Waals surface area contributed by atoms with Gasteiger partial charge in [-0.15, -0.1) is 11.8 Å². The minimum Gasteiger partial charge on any atom is -0.359 e. The first kappa shape index (κ1) is 22.7. The van der Waals surface area contributed by atoms with E-state index in [0.717, 1.165) is 4.90 Å². The third-order valence-corrected chi connectivity index (χ3v) is 5.41. The number of benzene rings is 2. The predicted molar refractivity (Wildman–Crippen MR) is 121 cm³/mol. The molecule has 0 aliphatic carbocycles. The minimum absolute atomic E-state index is 0.0882. The summed E-state index contributed by atoms with van der Waals surface area (Å²) in [5.41, 5.74) is 1.15. The van der Waals surface area contributed by atoms with Crippen molar-refractivity contribution in [3.05, 3.63) is 66.6 Å². The molecule has 0 atom stereocenters. The van der Waals surface area contributed by atoms with Gasteiger partial charge in [0, 0.05) is 22.8 Å². The van der Waals surface area contributed by atoms with E-state index in [4.69, 9.17) is 0 Å². The molecule has 0 saturated heterocycles. The highest BCUT2D eigenvalue weighted by Crippen LogP contribution is 2.25. The van der Waals surface area contributed by atoms with Gasteiger partial charge < -0.3 is 10.6 Å². The summed E-state index contributed by atoms with van der Waals surface area (Å²) in [5.74, 6) is 0.340. The normalized spacial score (nSPS) is 11.5. The Labute approximate surface area is 190 Å². The van der Waals surface area contributed by atoms with Gasteiger partial charge in [-0.05, 0) is 36.4 Å². The summed E-state index contributed by atoms with van der Waals surface area (Å²) in [4.78, 5) is 18.2. The summed E-state index contributed by atoms with van der Waals surface area (Å²) in [6.45, 7) is -0.796. The molecule has 0 bridgehead atoms. The maximum absolute atomic E-state index is 13.2. The molecule has 2 heterocycles. The lowest BCUT2D eigenvalue weighted by atomic mass is 10.1. The van der Waals surface area contributed by atoms with Gasteiger partial charge in [0.1, 0.15) is 12.4 Å². The number of hydrogen-bond acceptors (Lipinski definition) is 7. The van der Waals surface area contributed by atoms with Crippen LogP contribution in [0.5, 0.6) is 0 Å². The summed E-state index contributed by atoms with van der Waals surface area (Å²) in [7, 11) is 0. The number of nitrogens with one attached hydrogen (secondary N) is 2. The molecule has 2 aromatic heterocycles. The Bertz CT molecular complexity index is 1220. The van der Waals surface area contributed by atoms with Gasteiger partial charge in [-0.2, -0.15) is 23.1 Å². The van der Waals surface area contributed by atoms with Gasteiger partial charge in [-0.1, -0.05) is 18.2 Å². The largest absolute Gasteiger partial charge is 0.405 e. The summed E-state index contributed by atoms with van der Waals surface area (Å²) >= 11 is 1.62. The molecule has 33 heavy (non-hydrogen) atoms. The molecular weight excluding hydrogens is 456 g/mol. The first-order valence-electron chi connectivity index (χ1n) is 9.90. The van der Waals surface area contributed by atoms with Gasteiger partial charge in [0.05, 0.1) is 11.9 Å². The third-order valence-electron chi connectivity index (χ3n) is 4.40. The second kappa shape index (κ2) is 9.99. The quantitative estimate of drug-likeness (QED) is 0.201. The molecule has 6 nitrogen and oxygen atoms in total. The fraction of sp³-hybridized carbons (Fsp3) is 0.182. The summed E-state index contributed by atoms with van der Waals surface area (Å²) in [6, 6.07) is 15.4. The number of halogens is 4. The van der Waals surface area contributed by atoms with Crippen LogP contribution in [0.3, 0.4) is 0 Å². The number of hydrogen-bond donors (Lipinski definition) is 2. The zero-order valence-electron chi connectivity index (χ0n) is 17.1. The van der Waals surface area contributed by atoms with Gasteiger partial charge in [-0.3, -0.25) is 0 Å². The van der Waals surface area contributed by atoms with Gasteiger partial charge in [0.2, 0.25) is 5.95 Å². The second-order valence-electron chi connectivity index (χ2n) is 6.89. The Morgan fingerprint density at radius 2 is 1.64 bits per heavy atom. The molecule has 0 amide bonds. The molecule has 0 spiro atoms. The predicted octanol–water partition coefficient (Wildman–Crippen LogP) is 5.40. The van der Waals surface area contributed by atoms with Gasteiger partial charge >= 0.3 is 6.18 Å². The molecule has 0 aliphatic heterocycles. The third kappa shape index (κ3) is 6.28. The first-order valence-corrected chi connectivity index (χ1v) is 10.9. The van der Waals surface area contributed by atoms with E-state index in [9.17, 15) is 17.6 Å². The van der Waals surface area contributed by atoms with Crippen molar-refractivity contribution in [3.63, 3.8) is 0 Å². The smallest absolute Gasteiger partial charge is 0.359 e. The fourth-order valence-electron chi connectivity index (χ4n) is 2.90. The summed E-state index contributed by atoms with van der Waals surface area (Å²) in [6.07, 6.45) is -3.01. The van der Waals surface area contributed by atoms with E-state index in [-0.39, 0.29) is 22.9 Å². The monoisotopic (exact) mass is 474 g/mol. The highest BCUT2D eigenvalue weighted by molar-refractivity contribution is 7.99. The van der Waals surface area contributed by atoms with Crippen LogP contribution in [-0.2, 0) is 0 Å². The van der Waals surface area contributed by atoms with Crippen molar-refractivity contribution in [2.45, 2.75) is 11.1 Å². The molecule has 0 aliphatic rings. The molecule has 0 saturated carbocycles. The Morgan fingerprint density at radius 3 is 2.36 bits per heavy atom. The van der Waals surface area contributed by atoms with Crippen molar-refractivity contribution in [2.24, 2.45) is 0 Å². The zero-order chi connectivity index (χ0) is 23.3. The molecule has 2 aromatic carbocycles. The van der Waals surface area contributed by atoms with Crippen LogP contribution in [0.2, 0.25) is 0 Å². The number of rotatable bonds is 8. The molecule has 4 rings (SSSR count). The number of alkyl halides is 3. The average Bonchev–Trinajstić information content (AvgIpc) is 2.81. The Hall–Kier alpha value is -3.47. The lowest BCUT2D eigenvalue weighted by Crippen LogP contribution is -2.22. The molecule has 0 fully saturated rings. The lowest BCUT2D eigenvalue weighted by molar-refractivity contribution is -0.115. The Balaban J connectivity index is 1.57. The molecule has 2 N–H and O–H groups in total.